The molecule has 0 fully saturated rings. The molecule has 2 heterocycles. The van der Waals surface area contributed by atoms with E-state index in [9.17, 15) is 9.59 Å². The largest absolute Gasteiger partial charge is 0.489 e. The molecule has 112 valence electrons. The molecule has 0 spiro atoms. The molecule has 1 aromatic heterocycles. The quantitative estimate of drug-likeness (QED) is 0.597. The second-order valence-corrected chi connectivity index (χ2v) is 5.90. The summed E-state index contributed by atoms with van der Waals surface area (Å²) in [5, 5.41) is 0.976. The Morgan fingerprint density at radius 2 is 1.74 bits per heavy atom. The number of carbonyl (C=O) groups excluding carboxylic acids is 1. The van der Waals surface area contributed by atoms with Gasteiger partial charge in [0.25, 0.3) is 0 Å². The van der Waals surface area contributed by atoms with Crippen LogP contribution in [0.1, 0.15) is 27.9 Å². The first-order valence-electron chi connectivity index (χ1n) is 7.62. The van der Waals surface area contributed by atoms with E-state index in [2.05, 4.69) is 0 Å². The fourth-order valence-electron chi connectivity index (χ4n) is 3.50. The molecule has 2 aromatic carbocycles. The van der Waals surface area contributed by atoms with Crippen molar-refractivity contribution in [3.05, 3.63) is 57.3 Å². The lowest BCUT2D eigenvalue weighted by molar-refractivity contribution is 0.0995. The third-order valence-corrected chi connectivity index (χ3v) is 4.61. The molecule has 0 unspecified atom stereocenters. The Morgan fingerprint density at radius 1 is 0.913 bits per heavy atom. The average Bonchev–Trinajstić information content (AvgIpc) is 2.96. The van der Waals surface area contributed by atoms with E-state index in [1.807, 2.05) is 18.2 Å². The van der Waals surface area contributed by atoms with Crippen LogP contribution in [-0.4, -0.2) is 12.4 Å². The van der Waals surface area contributed by atoms with Gasteiger partial charge in [0.1, 0.15) is 23.5 Å². The maximum atomic E-state index is 12.8. The van der Waals surface area contributed by atoms with E-state index in [0.717, 1.165) is 11.1 Å². The number of hydrogen-bond donors (Lipinski definition) is 0. The fraction of sp³-hybridized carbons (Fsp3) is 0.158. The van der Waals surface area contributed by atoms with Crippen molar-refractivity contribution in [2.24, 2.45) is 0 Å². The summed E-state index contributed by atoms with van der Waals surface area (Å²) in [7, 11) is 0. The summed E-state index contributed by atoms with van der Waals surface area (Å²) in [6.45, 7) is 0.504. The molecule has 23 heavy (non-hydrogen) atoms. The van der Waals surface area contributed by atoms with Crippen molar-refractivity contribution in [2.75, 3.05) is 6.61 Å². The molecule has 1 aliphatic heterocycles. The lowest BCUT2D eigenvalue weighted by Crippen LogP contribution is -2.07. The fourth-order valence-corrected chi connectivity index (χ4v) is 3.50. The zero-order chi connectivity index (χ0) is 15.6. The molecule has 4 heteroatoms. The van der Waals surface area contributed by atoms with Gasteiger partial charge in [-0.05, 0) is 42.3 Å². The van der Waals surface area contributed by atoms with Gasteiger partial charge in [-0.2, -0.15) is 0 Å². The maximum Gasteiger partial charge on any atom is 0.200 e. The Hall–Kier alpha value is -2.88. The second-order valence-electron chi connectivity index (χ2n) is 5.90. The smallest absolute Gasteiger partial charge is 0.200 e. The van der Waals surface area contributed by atoms with Crippen LogP contribution in [0.4, 0.5) is 0 Å². The monoisotopic (exact) mass is 304 g/mol. The molecular formula is C19H12O4. The highest BCUT2D eigenvalue weighted by Crippen LogP contribution is 2.35. The van der Waals surface area contributed by atoms with Gasteiger partial charge in [0.2, 0.25) is 5.43 Å². The molecule has 0 amide bonds. The van der Waals surface area contributed by atoms with E-state index in [0.29, 0.717) is 52.7 Å². The molecule has 0 saturated carbocycles. The minimum absolute atomic E-state index is 0.0460. The van der Waals surface area contributed by atoms with Crippen LogP contribution in [0.25, 0.3) is 28.0 Å². The number of hydrogen-bond acceptors (Lipinski definition) is 4. The second kappa shape index (κ2) is 4.32. The van der Waals surface area contributed by atoms with E-state index in [1.165, 1.54) is 0 Å². The summed E-state index contributed by atoms with van der Waals surface area (Å²) in [6, 6.07) is 7.16. The first-order chi connectivity index (χ1) is 11.2. The lowest BCUT2D eigenvalue weighted by atomic mass is 10.0. The number of benzene rings is 2. The van der Waals surface area contributed by atoms with Crippen molar-refractivity contribution in [3.8, 4) is 5.75 Å². The predicted molar refractivity (Wildman–Crippen MR) is 87.2 cm³/mol. The number of carbonyl (C=O) groups is 1. The molecular weight excluding hydrogens is 292 g/mol. The molecule has 1 aliphatic carbocycles. The van der Waals surface area contributed by atoms with Gasteiger partial charge in [-0.3, -0.25) is 9.59 Å². The van der Waals surface area contributed by atoms with Crippen molar-refractivity contribution in [1.82, 2.24) is 0 Å². The summed E-state index contributed by atoms with van der Waals surface area (Å²) in [5.74, 6) is 0.742. The molecule has 5 rings (SSSR count). The Balaban J connectivity index is 2.01. The summed E-state index contributed by atoms with van der Waals surface area (Å²) < 4.78 is 11.7. The van der Waals surface area contributed by atoms with E-state index in [4.69, 9.17) is 9.15 Å². The highest BCUT2D eigenvalue weighted by atomic mass is 16.5. The molecule has 2 aliphatic rings. The number of aryl methyl sites for hydroxylation is 1. The molecule has 0 bridgehead atoms. The summed E-state index contributed by atoms with van der Waals surface area (Å²) in [6.07, 6.45) is 4.97. The van der Waals surface area contributed by atoms with E-state index in [-0.39, 0.29) is 11.2 Å². The van der Waals surface area contributed by atoms with Crippen LogP contribution in [0.2, 0.25) is 0 Å². The van der Waals surface area contributed by atoms with E-state index >= 15 is 0 Å². The zero-order valence-corrected chi connectivity index (χ0v) is 12.2. The van der Waals surface area contributed by atoms with Crippen molar-refractivity contribution in [3.63, 3.8) is 0 Å². The van der Waals surface area contributed by atoms with Gasteiger partial charge in [0.05, 0.1) is 21.9 Å². The molecule has 0 atom stereocenters. The normalized spacial score (nSPS) is 15.7. The van der Waals surface area contributed by atoms with Crippen molar-refractivity contribution in [2.45, 2.75) is 12.8 Å². The van der Waals surface area contributed by atoms with Crippen LogP contribution < -0.4 is 10.2 Å². The molecule has 0 saturated heterocycles. The standard InChI is InChI=1S/C19H12O4/c20-14-7-4-10-3-5-13-17(21)12-6-8-15-11(2-1-9-22-15)18(12)23-19(13)16(10)14/h1-3,5-6,8H,4,7,9H2. The minimum Gasteiger partial charge on any atom is -0.489 e. The third-order valence-electron chi connectivity index (χ3n) is 4.61. The van der Waals surface area contributed by atoms with Gasteiger partial charge in [-0.25, -0.2) is 0 Å². The number of ether oxygens (including phenoxy) is 1. The number of Topliss-reactive ketones (excluding diaryl/α,β-unsaturated/α-hetero) is 1. The topological polar surface area (TPSA) is 56.5 Å². The van der Waals surface area contributed by atoms with Crippen LogP contribution in [0.5, 0.6) is 5.75 Å². The van der Waals surface area contributed by atoms with Gasteiger partial charge < -0.3 is 9.15 Å². The lowest BCUT2D eigenvalue weighted by Gasteiger charge is -2.14. The Bertz CT molecular complexity index is 1100. The van der Waals surface area contributed by atoms with E-state index in [1.54, 1.807) is 18.2 Å². The minimum atomic E-state index is -0.106. The summed E-state index contributed by atoms with van der Waals surface area (Å²) >= 11 is 0. The molecule has 3 aromatic rings. The Kier molecular flexibility index (Phi) is 2.37. The van der Waals surface area contributed by atoms with E-state index < -0.39 is 0 Å². The van der Waals surface area contributed by atoms with Gasteiger partial charge in [0.15, 0.2) is 5.78 Å². The van der Waals surface area contributed by atoms with Crippen molar-refractivity contribution < 1.29 is 13.9 Å². The Labute approximate surface area is 131 Å². The van der Waals surface area contributed by atoms with Gasteiger partial charge in [0, 0.05) is 6.42 Å². The van der Waals surface area contributed by atoms with Gasteiger partial charge in [-0.1, -0.05) is 6.07 Å². The average molecular weight is 304 g/mol. The Morgan fingerprint density at radius 3 is 2.65 bits per heavy atom. The van der Waals surface area contributed by atoms with Crippen LogP contribution >= 0.6 is 0 Å². The molecule has 0 N–H and O–H groups in total. The highest BCUT2D eigenvalue weighted by Gasteiger charge is 2.26. The van der Waals surface area contributed by atoms with Gasteiger partial charge in [-0.15, -0.1) is 0 Å². The molecule has 4 nitrogen and oxygen atoms in total. The summed E-state index contributed by atoms with van der Waals surface area (Å²) in [4.78, 5) is 25.1. The zero-order valence-electron chi connectivity index (χ0n) is 12.2. The number of ketones is 1. The third kappa shape index (κ3) is 1.60. The van der Waals surface area contributed by atoms with Crippen LogP contribution in [0.15, 0.2) is 39.6 Å². The first-order valence-corrected chi connectivity index (χ1v) is 7.62. The SMILES string of the molecule is O=C1CCc2ccc3c(=O)c4ccc5c(c4oc3c21)C=CCO5. The van der Waals surface area contributed by atoms with Gasteiger partial charge >= 0.3 is 0 Å². The molecule has 0 radical (unpaired) electrons. The maximum absolute atomic E-state index is 12.8. The first kappa shape index (κ1) is 12.6. The highest BCUT2D eigenvalue weighted by molar-refractivity contribution is 6.11. The summed E-state index contributed by atoms with van der Waals surface area (Å²) in [5.41, 5.74) is 3.08. The number of fused-ring (bicyclic) bond motifs is 6. The van der Waals surface area contributed by atoms with Crippen LogP contribution in [0, 0.1) is 0 Å². The van der Waals surface area contributed by atoms with Crippen molar-refractivity contribution >= 4 is 33.8 Å². The predicted octanol–water partition coefficient (Wildman–Crippen LogP) is 3.48. The van der Waals surface area contributed by atoms with Crippen molar-refractivity contribution in [1.29, 1.82) is 0 Å². The van der Waals surface area contributed by atoms with Crippen LogP contribution in [-0.2, 0) is 6.42 Å². The van der Waals surface area contributed by atoms with Crippen LogP contribution in [0.3, 0.4) is 0 Å². The number of rotatable bonds is 0.